The summed E-state index contributed by atoms with van der Waals surface area (Å²) >= 11 is 0.973. The van der Waals surface area contributed by atoms with Gasteiger partial charge in [-0.25, -0.2) is 0 Å². The number of halogens is 3. The van der Waals surface area contributed by atoms with Gasteiger partial charge in [0.05, 0.1) is 11.4 Å². The Morgan fingerprint density at radius 1 is 1.28 bits per heavy atom. The maximum atomic E-state index is 12.1. The smallest absolute Gasteiger partial charge is 0.346 e. The van der Waals surface area contributed by atoms with E-state index < -0.39 is 18.6 Å². The fraction of sp³-hybridized carbons (Fsp3) is 0.467. The number of nitrogens with one attached hydrogen (secondary N) is 1. The van der Waals surface area contributed by atoms with Crippen molar-refractivity contribution in [2.24, 2.45) is 0 Å². The van der Waals surface area contributed by atoms with E-state index in [1.807, 2.05) is 29.6 Å². The molecule has 2 rings (SSSR count). The highest BCUT2D eigenvalue weighted by Crippen LogP contribution is 2.19. The Bertz CT molecular complexity index is 687. The minimum atomic E-state index is -4.43. The molecule has 1 N–H and O–H groups in total. The molecule has 2 aromatic rings. The minimum Gasteiger partial charge on any atom is -0.346 e. The Labute approximate surface area is 147 Å². The molecular weight excluding hydrogens is 355 g/mol. The number of alkyl halides is 3. The van der Waals surface area contributed by atoms with Gasteiger partial charge in [0.1, 0.15) is 6.54 Å². The minimum absolute atomic E-state index is 0.203. The van der Waals surface area contributed by atoms with E-state index in [0.717, 1.165) is 36.7 Å². The summed E-state index contributed by atoms with van der Waals surface area (Å²) in [4.78, 5) is 11.5. The summed E-state index contributed by atoms with van der Waals surface area (Å²) in [5.74, 6) is -0.933. The zero-order chi connectivity index (χ0) is 18.3. The predicted octanol–water partition coefficient (Wildman–Crippen LogP) is 2.78. The molecule has 1 aromatic heterocycles. The largest absolute Gasteiger partial charge is 0.405 e. The second-order valence-corrected chi connectivity index (χ2v) is 6.27. The molecule has 0 aliphatic carbocycles. The molecule has 0 aliphatic heterocycles. The van der Waals surface area contributed by atoms with Crippen molar-refractivity contribution < 1.29 is 18.0 Å². The third kappa shape index (κ3) is 6.37. The number of hydrogen-bond acceptors (Lipinski definition) is 5. The van der Waals surface area contributed by atoms with E-state index in [9.17, 15) is 18.0 Å². The third-order valence-corrected chi connectivity index (χ3v) is 4.18. The zero-order valence-corrected chi connectivity index (χ0v) is 14.4. The lowest BCUT2D eigenvalue weighted by molar-refractivity contribution is -0.136. The molecular formula is C15H18F3N5OS. The molecule has 0 saturated carbocycles. The van der Waals surface area contributed by atoms with Crippen molar-refractivity contribution in [3.8, 4) is 5.69 Å². The van der Waals surface area contributed by atoms with Gasteiger partial charge in [-0.2, -0.15) is 17.9 Å². The Morgan fingerprint density at radius 3 is 2.64 bits per heavy atom. The number of thioether (sulfide) groups is 1. The van der Waals surface area contributed by atoms with Gasteiger partial charge in [0.25, 0.3) is 0 Å². The van der Waals surface area contributed by atoms with Crippen molar-refractivity contribution in [2.75, 3.05) is 12.3 Å². The molecule has 0 radical (unpaired) electrons. The van der Waals surface area contributed by atoms with Crippen LogP contribution in [0.5, 0.6) is 0 Å². The van der Waals surface area contributed by atoms with Crippen LogP contribution in [0.1, 0.15) is 25.3 Å². The number of carbonyl (C=O) groups is 1. The van der Waals surface area contributed by atoms with Crippen molar-refractivity contribution in [1.29, 1.82) is 0 Å². The lowest BCUT2D eigenvalue weighted by atomic mass is 10.1. The third-order valence-electron chi connectivity index (χ3n) is 3.26. The van der Waals surface area contributed by atoms with Gasteiger partial charge in [0.2, 0.25) is 11.1 Å². The summed E-state index contributed by atoms with van der Waals surface area (Å²) in [5.41, 5.74) is 1.93. The molecule has 1 amide bonds. The summed E-state index contributed by atoms with van der Waals surface area (Å²) in [7, 11) is 0. The number of hydrogen-bond donors (Lipinski definition) is 1. The average molecular weight is 373 g/mol. The molecule has 25 heavy (non-hydrogen) atoms. The summed E-state index contributed by atoms with van der Waals surface area (Å²) < 4.78 is 37.7. The van der Waals surface area contributed by atoms with Gasteiger partial charge in [-0.05, 0) is 41.0 Å². The molecule has 0 saturated heterocycles. The van der Waals surface area contributed by atoms with Gasteiger partial charge in [0.15, 0.2) is 0 Å². The number of rotatable bonds is 8. The number of aromatic nitrogens is 4. The van der Waals surface area contributed by atoms with Crippen LogP contribution in [0.3, 0.4) is 0 Å². The highest BCUT2D eigenvalue weighted by atomic mass is 32.2. The zero-order valence-electron chi connectivity index (χ0n) is 13.6. The van der Waals surface area contributed by atoms with Crippen molar-refractivity contribution in [2.45, 2.75) is 37.5 Å². The molecule has 0 unspecified atom stereocenters. The van der Waals surface area contributed by atoms with Crippen LogP contribution in [-0.4, -0.2) is 44.6 Å². The maximum absolute atomic E-state index is 12.1. The van der Waals surface area contributed by atoms with Gasteiger partial charge in [-0.15, -0.1) is 5.10 Å². The van der Waals surface area contributed by atoms with E-state index in [2.05, 4.69) is 22.4 Å². The molecule has 136 valence electrons. The molecule has 0 bridgehead atoms. The molecule has 0 atom stereocenters. The first-order valence-corrected chi connectivity index (χ1v) is 8.71. The van der Waals surface area contributed by atoms with Crippen LogP contribution in [0.4, 0.5) is 13.2 Å². The van der Waals surface area contributed by atoms with Crippen molar-refractivity contribution in [3.63, 3.8) is 0 Å². The molecule has 6 nitrogen and oxygen atoms in total. The number of tetrazole rings is 1. The van der Waals surface area contributed by atoms with E-state index in [4.69, 9.17) is 0 Å². The van der Waals surface area contributed by atoms with Gasteiger partial charge in [-0.3, -0.25) is 4.79 Å². The number of amides is 1. The van der Waals surface area contributed by atoms with Crippen LogP contribution in [0, 0.1) is 0 Å². The van der Waals surface area contributed by atoms with Gasteiger partial charge in [0, 0.05) is 0 Å². The molecule has 0 spiro atoms. The number of nitrogens with zero attached hydrogens (tertiary/aromatic N) is 4. The average Bonchev–Trinajstić information content (AvgIpc) is 3.04. The highest BCUT2D eigenvalue weighted by Gasteiger charge is 2.27. The van der Waals surface area contributed by atoms with Crippen LogP contribution in [0.2, 0.25) is 0 Å². The fourth-order valence-electron chi connectivity index (χ4n) is 2.00. The normalized spacial score (nSPS) is 11.5. The molecule has 0 aliphatic rings. The van der Waals surface area contributed by atoms with Crippen molar-refractivity contribution in [3.05, 3.63) is 29.8 Å². The van der Waals surface area contributed by atoms with E-state index in [1.165, 1.54) is 10.2 Å². The highest BCUT2D eigenvalue weighted by molar-refractivity contribution is 7.99. The summed E-state index contributed by atoms with van der Waals surface area (Å²) in [6.07, 6.45) is -1.21. The van der Waals surface area contributed by atoms with Crippen LogP contribution in [0.15, 0.2) is 29.4 Å². The van der Waals surface area contributed by atoms with Gasteiger partial charge in [-0.1, -0.05) is 37.2 Å². The first kappa shape index (κ1) is 19.2. The summed E-state index contributed by atoms with van der Waals surface area (Å²) in [6, 6.07) is 7.71. The standard InChI is InChI=1S/C15H18F3N5OS/c1-2-3-4-11-5-7-12(8-6-11)23-14(20-21-22-23)25-9-13(24)19-10-15(16,17)18/h5-8H,2-4,9-10H2,1H3,(H,19,24). The topological polar surface area (TPSA) is 72.7 Å². The quantitative estimate of drug-likeness (QED) is 0.721. The maximum Gasteiger partial charge on any atom is 0.405 e. The first-order chi connectivity index (χ1) is 11.9. The summed E-state index contributed by atoms with van der Waals surface area (Å²) in [6.45, 7) is 0.778. The van der Waals surface area contributed by atoms with E-state index >= 15 is 0 Å². The monoisotopic (exact) mass is 373 g/mol. The molecule has 10 heteroatoms. The molecule has 1 aromatic carbocycles. The Hall–Kier alpha value is -2.10. The Kier molecular flexibility index (Phi) is 6.80. The number of aryl methyl sites for hydroxylation is 1. The first-order valence-electron chi connectivity index (χ1n) is 7.73. The van der Waals surface area contributed by atoms with E-state index in [-0.39, 0.29) is 5.75 Å². The van der Waals surface area contributed by atoms with Crippen molar-refractivity contribution >= 4 is 17.7 Å². The predicted molar refractivity (Wildman–Crippen MR) is 87.6 cm³/mol. The Balaban J connectivity index is 1.94. The SMILES string of the molecule is CCCCc1ccc(-n2nnnc2SCC(=O)NCC(F)(F)F)cc1. The van der Waals surface area contributed by atoms with Gasteiger partial charge >= 0.3 is 6.18 Å². The van der Waals surface area contributed by atoms with E-state index in [0.29, 0.717) is 5.16 Å². The number of carbonyl (C=O) groups excluding carboxylic acids is 1. The fourth-order valence-corrected chi connectivity index (χ4v) is 2.72. The van der Waals surface area contributed by atoms with E-state index in [1.54, 1.807) is 0 Å². The van der Waals surface area contributed by atoms with Crippen LogP contribution in [0.25, 0.3) is 5.69 Å². The lowest BCUT2D eigenvalue weighted by Gasteiger charge is -2.08. The van der Waals surface area contributed by atoms with Crippen molar-refractivity contribution in [1.82, 2.24) is 25.5 Å². The number of benzene rings is 1. The molecule has 1 heterocycles. The second kappa shape index (κ2) is 8.84. The lowest BCUT2D eigenvalue weighted by Crippen LogP contribution is -2.34. The van der Waals surface area contributed by atoms with Gasteiger partial charge < -0.3 is 5.32 Å². The number of unbranched alkanes of at least 4 members (excludes halogenated alkanes) is 1. The van der Waals surface area contributed by atoms with Crippen LogP contribution in [-0.2, 0) is 11.2 Å². The Morgan fingerprint density at radius 2 is 2.00 bits per heavy atom. The molecule has 0 fully saturated rings. The second-order valence-electron chi connectivity index (χ2n) is 5.32. The summed E-state index contributed by atoms with van der Waals surface area (Å²) in [5, 5.41) is 13.4. The van der Waals surface area contributed by atoms with Crippen LogP contribution >= 0.6 is 11.8 Å². The van der Waals surface area contributed by atoms with Crippen LogP contribution < -0.4 is 5.32 Å².